The van der Waals surface area contributed by atoms with Crippen LogP contribution in [0.4, 0.5) is 5.69 Å². The molecule has 0 saturated carbocycles. The molecule has 4 aromatic rings. The number of imidazole rings is 1. The molecule has 0 spiro atoms. The molecule has 0 radical (unpaired) electrons. The first kappa shape index (κ1) is 19.8. The normalized spacial score (nSPS) is 16.4. The molecule has 31 heavy (non-hydrogen) atoms. The van der Waals surface area contributed by atoms with E-state index in [0.717, 1.165) is 39.6 Å². The molecule has 4 nitrogen and oxygen atoms in total. The zero-order chi connectivity index (χ0) is 21.4. The van der Waals surface area contributed by atoms with Gasteiger partial charge in [0.25, 0.3) is 0 Å². The van der Waals surface area contributed by atoms with Gasteiger partial charge in [-0.15, -0.1) is 0 Å². The molecule has 1 fully saturated rings. The molecule has 1 aliphatic rings. The number of carbonyl (C=O) groups is 1. The second kappa shape index (κ2) is 8.20. The third kappa shape index (κ3) is 3.72. The summed E-state index contributed by atoms with van der Waals surface area (Å²) in [5, 5.41) is 0.724. The third-order valence-corrected chi connectivity index (χ3v) is 6.30. The Morgan fingerprint density at radius 1 is 1.03 bits per heavy atom. The predicted molar refractivity (Wildman–Crippen MR) is 126 cm³/mol. The Hall–Kier alpha value is -3.11. The number of hydrogen-bond donors (Lipinski definition) is 0. The van der Waals surface area contributed by atoms with E-state index in [1.807, 2.05) is 59.5 Å². The summed E-state index contributed by atoms with van der Waals surface area (Å²) in [5.74, 6) is 1.17. The summed E-state index contributed by atoms with van der Waals surface area (Å²) in [6.07, 6.45) is 1.37. The van der Waals surface area contributed by atoms with Gasteiger partial charge in [-0.3, -0.25) is 4.79 Å². The number of nitrogens with zero attached hydrogens (tertiary/aromatic N) is 3. The Labute approximate surface area is 187 Å². The number of anilines is 1. The van der Waals surface area contributed by atoms with E-state index in [-0.39, 0.29) is 11.8 Å². The van der Waals surface area contributed by atoms with Crippen molar-refractivity contribution < 1.29 is 4.79 Å². The fourth-order valence-corrected chi connectivity index (χ4v) is 4.79. The first-order valence-corrected chi connectivity index (χ1v) is 11.1. The van der Waals surface area contributed by atoms with Crippen LogP contribution >= 0.6 is 11.6 Å². The van der Waals surface area contributed by atoms with Crippen molar-refractivity contribution in [3.8, 4) is 0 Å². The van der Waals surface area contributed by atoms with Crippen molar-refractivity contribution in [1.82, 2.24) is 9.55 Å². The minimum atomic E-state index is 0.0454. The number of aromatic nitrogens is 2. The highest BCUT2D eigenvalue weighted by Crippen LogP contribution is 2.35. The zero-order valence-corrected chi connectivity index (χ0v) is 18.2. The van der Waals surface area contributed by atoms with Crippen LogP contribution in [0.3, 0.4) is 0 Å². The molecule has 3 aromatic carbocycles. The molecule has 156 valence electrons. The van der Waals surface area contributed by atoms with Crippen LogP contribution in [0.25, 0.3) is 11.0 Å². The largest absolute Gasteiger partial charge is 0.323 e. The molecule has 0 aliphatic carbocycles. The second-order valence-electron chi connectivity index (χ2n) is 8.06. The number of hydrogen-bond acceptors (Lipinski definition) is 2. The van der Waals surface area contributed by atoms with Crippen LogP contribution in [0.2, 0.25) is 5.02 Å². The lowest BCUT2D eigenvalue weighted by Crippen LogP contribution is -2.25. The van der Waals surface area contributed by atoms with E-state index in [1.54, 1.807) is 0 Å². The monoisotopic (exact) mass is 429 g/mol. The minimum Gasteiger partial charge on any atom is -0.323 e. The smallest absolute Gasteiger partial charge is 0.227 e. The lowest BCUT2D eigenvalue weighted by atomic mass is 10.1. The van der Waals surface area contributed by atoms with Crippen LogP contribution in [-0.2, 0) is 17.8 Å². The molecule has 1 aliphatic heterocycles. The number of amides is 1. The Morgan fingerprint density at radius 2 is 1.84 bits per heavy atom. The van der Waals surface area contributed by atoms with Crippen molar-refractivity contribution in [2.75, 3.05) is 11.4 Å². The van der Waals surface area contributed by atoms with Crippen molar-refractivity contribution >= 4 is 34.2 Å². The van der Waals surface area contributed by atoms with Crippen molar-refractivity contribution in [3.63, 3.8) is 0 Å². The van der Waals surface area contributed by atoms with Crippen LogP contribution in [0.1, 0.15) is 36.2 Å². The molecule has 0 bridgehead atoms. The van der Waals surface area contributed by atoms with E-state index in [1.165, 1.54) is 5.56 Å². The van der Waals surface area contributed by atoms with Gasteiger partial charge >= 0.3 is 0 Å². The highest BCUT2D eigenvalue weighted by Gasteiger charge is 2.35. The van der Waals surface area contributed by atoms with Crippen LogP contribution in [0, 0.1) is 0 Å². The number of rotatable bonds is 5. The van der Waals surface area contributed by atoms with E-state index in [9.17, 15) is 4.79 Å². The van der Waals surface area contributed by atoms with Crippen molar-refractivity contribution in [1.29, 1.82) is 0 Å². The topological polar surface area (TPSA) is 38.1 Å². The van der Waals surface area contributed by atoms with Crippen molar-refractivity contribution in [2.45, 2.75) is 32.2 Å². The molecule has 1 unspecified atom stereocenters. The number of halogens is 1. The zero-order valence-electron chi connectivity index (χ0n) is 17.5. The minimum absolute atomic E-state index is 0.0454. The quantitative estimate of drug-likeness (QED) is 0.401. The number of benzene rings is 3. The predicted octanol–water partition coefficient (Wildman–Crippen LogP) is 5.82. The van der Waals surface area contributed by atoms with Gasteiger partial charge in [0.15, 0.2) is 0 Å². The summed E-state index contributed by atoms with van der Waals surface area (Å²) in [5.41, 5.74) is 5.38. The van der Waals surface area contributed by atoms with Crippen molar-refractivity contribution in [2.24, 2.45) is 0 Å². The van der Waals surface area contributed by atoms with Gasteiger partial charge in [0.1, 0.15) is 5.82 Å². The molecule has 1 saturated heterocycles. The summed E-state index contributed by atoms with van der Waals surface area (Å²) in [6, 6.07) is 24.3. The number of carbonyl (C=O) groups excluding carboxylic acids is 1. The Balaban J connectivity index is 1.54. The lowest BCUT2D eigenvalue weighted by molar-refractivity contribution is -0.117. The van der Waals surface area contributed by atoms with Crippen molar-refractivity contribution in [3.05, 3.63) is 94.8 Å². The summed E-state index contributed by atoms with van der Waals surface area (Å²) in [4.78, 5) is 19.9. The van der Waals surface area contributed by atoms with Gasteiger partial charge < -0.3 is 9.47 Å². The summed E-state index contributed by atoms with van der Waals surface area (Å²) >= 11 is 6.23. The Morgan fingerprint density at radius 3 is 2.68 bits per heavy atom. The van der Waals surface area contributed by atoms with E-state index >= 15 is 0 Å². The molecule has 1 amide bonds. The van der Waals surface area contributed by atoms with E-state index < -0.39 is 0 Å². The molecular weight excluding hydrogens is 406 g/mol. The number of aryl methyl sites for hydroxylation is 1. The van der Waals surface area contributed by atoms with Crippen LogP contribution < -0.4 is 4.90 Å². The highest BCUT2D eigenvalue weighted by molar-refractivity contribution is 6.30. The van der Waals surface area contributed by atoms with Crippen LogP contribution in [0.5, 0.6) is 0 Å². The summed E-state index contributed by atoms with van der Waals surface area (Å²) in [7, 11) is 0. The van der Waals surface area contributed by atoms with Gasteiger partial charge in [-0.1, -0.05) is 61.0 Å². The number of para-hydroxylation sites is 3. The average molecular weight is 430 g/mol. The van der Waals surface area contributed by atoms with E-state index in [0.29, 0.717) is 19.5 Å². The molecule has 1 atom stereocenters. The fraction of sp³-hybridized carbons (Fsp3) is 0.231. The highest BCUT2D eigenvalue weighted by atomic mass is 35.5. The molecule has 2 heterocycles. The molecule has 5 rings (SSSR count). The molecule has 0 N–H and O–H groups in total. The summed E-state index contributed by atoms with van der Waals surface area (Å²) in [6.45, 7) is 3.45. The summed E-state index contributed by atoms with van der Waals surface area (Å²) < 4.78 is 2.24. The van der Waals surface area contributed by atoms with Crippen LogP contribution in [0.15, 0.2) is 72.8 Å². The maximum atomic E-state index is 13.0. The Bertz CT molecular complexity index is 1260. The maximum absolute atomic E-state index is 13.0. The third-order valence-electron chi connectivity index (χ3n) is 6.07. The van der Waals surface area contributed by atoms with E-state index in [4.69, 9.17) is 16.6 Å². The van der Waals surface area contributed by atoms with Crippen LogP contribution in [-0.4, -0.2) is 22.0 Å². The SMILES string of the molecule is CCc1ccccc1N1CC(c2nc3ccccc3n2Cc2cccc(Cl)c2)CC1=O. The average Bonchev–Trinajstić information content (AvgIpc) is 3.34. The lowest BCUT2D eigenvalue weighted by Gasteiger charge is -2.20. The first-order chi connectivity index (χ1) is 15.1. The van der Waals surface area contributed by atoms with Gasteiger partial charge in [0.2, 0.25) is 5.91 Å². The Kier molecular flexibility index (Phi) is 5.24. The maximum Gasteiger partial charge on any atom is 0.227 e. The molecular formula is C26H24ClN3O. The molecule has 1 aromatic heterocycles. The molecule has 5 heteroatoms. The first-order valence-electron chi connectivity index (χ1n) is 10.7. The van der Waals surface area contributed by atoms with E-state index in [2.05, 4.69) is 29.7 Å². The standard InChI is InChI=1S/C26H24ClN3O/c1-2-19-9-3-5-12-23(19)29-17-20(15-25(29)31)26-28-22-11-4-6-13-24(22)30(26)16-18-8-7-10-21(27)14-18/h3-14,20H,2,15-17H2,1H3. The van der Waals surface area contributed by atoms with Gasteiger partial charge in [-0.05, 0) is 47.9 Å². The van der Waals surface area contributed by atoms with Gasteiger partial charge in [0.05, 0.1) is 11.0 Å². The fourth-order valence-electron chi connectivity index (χ4n) is 4.58. The number of fused-ring (bicyclic) bond motifs is 1. The van der Waals surface area contributed by atoms with Gasteiger partial charge in [-0.25, -0.2) is 4.98 Å². The van der Waals surface area contributed by atoms with Gasteiger partial charge in [0, 0.05) is 36.1 Å². The van der Waals surface area contributed by atoms with Gasteiger partial charge in [-0.2, -0.15) is 0 Å². The second-order valence-corrected chi connectivity index (χ2v) is 8.50.